The molecule has 0 aromatic carbocycles. The van der Waals surface area contributed by atoms with Gasteiger partial charge in [-0.15, -0.1) is 0 Å². The van der Waals surface area contributed by atoms with Crippen LogP contribution in [-0.2, 0) is 19.2 Å². The smallest absolute Gasteiger partial charge is 0.267 e. The molecule has 0 aromatic rings. The Labute approximate surface area is 257 Å². The van der Waals surface area contributed by atoms with E-state index < -0.39 is 0 Å². The first-order valence-corrected chi connectivity index (χ1v) is 17.1. The number of hydrogen-bond acceptors (Lipinski definition) is 8. The van der Waals surface area contributed by atoms with Gasteiger partial charge in [0.2, 0.25) is 11.8 Å². The Morgan fingerprint density at radius 1 is 0.725 bits per heavy atom. The fraction of sp³-hybridized carbons (Fsp3) is 0.714. The molecule has 2 atom stereocenters. The Morgan fingerprint density at radius 3 is 1.50 bits per heavy atom. The van der Waals surface area contributed by atoms with Gasteiger partial charge in [-0.3, -0.25) is 29.0 Å². The molecule has 8 nitrogen and oxygen atoms in total. The van der Waals surface area contributed by atoms with Crippen LogP contribution >= 0.6 is 48.0 Å². The van der Waals surface area contributed by atoms with Crippen LogP contribution in [0.3, 0.4) is 0 Å². The van der Waals surface area contributed by atoms with Crippen molar-refractivity contribution in [2.75, 3.05) is 26.2 Å². The molecule has 4 heterocycles. The van der Waals surface area contributed by atoms with Crippen LogP contribution in [0.2, 0.25) is 0 Å². The van der Waals surface area contributed by atoms with Gasteiger partial charge in [0.25, 0.3) is 11.8 Å². The number of thioether (sulfide) groups is 2. The van der Waals surface area contributed by atoms with Crippen molar-refractivity contribution in [3.05, 3.63) is 9.81 Å². The monoisotopic (exact) mass is 624 g/mol. The van der Waals surface area contributed by atoms with Gasteiger partial charge in [-0.1, -0.05) is 61.8 Å². The summed E-state index contributed by atoms with van der Waals surface area (Å²) in [7, 11) is 0. The van der Waals surface area contributed by atoms with E-state index in [0.717, 1.165) is 75.1 Å². The topological polar surface area (TPSA) is 81.2 Å². The van der Waals surface area contributed by atoms with E-state index in [0.29, 0.717) is 69.3 Å². The number of rotatable bonds is 10. The number of hydrogen-bond donors (Lipinski definition) is 0. The molecule has 4 fully saturated rings. The number of nitrogens with zero attached hydrogens (tertiary/aromatic N) is 4. The zero-order valence-electron chi connectivity index (χ0n) is 23.5. The Hall–Kier alpha value is -1.50. The van der Waals surface area contributed by atoms with Gasteiger partial charge in [0, 0.05) is 51.1 Å². The second kappa shape index (κ2) is 14.6. The maximum atomic E-state index is 13.3. The lowest BCUT2D eigenvalue weighted by molar-refractivity contribution is -0.136. The van der Waals surface area contributed by atoms with Crippen molar-refractivity contribution >= 4 is 80.2 Å². The van der Waals surface area contributed by atoms with Gasteiger partial charge >= 0.3 is 0 Å². The average molecular weight is 625 g/mol. The highest BCUT2D eigenvalue weighted by Gasteiger charge is 2.42. The Kier molecular flexibility index (Phi) is 11.5. The molecule has 220 valence electrons. The second-order valence-electron chi connectivity index (χ2n) is 10.8. The van der Waals surface area contributed by atoms with Crippen LogP contribution in [0.5, 0.6) is 0 Å². The van der Waals surface area contributed by atoms with Gasteiger partial charge in [0.1, 0.15) is 8.64 Å². The predicted octanol–water partition coefficient (Wildman–Crippen LogP) is 5.06. The van der Waals surface area contributed by atoms with Crippen molar-refractivity contribution in [1.29, 1.82) is 0 Å². The average Bonchev–Trinajstić information content (AvgIpc) is 3.41. The minimum absolute atomic E-state index is 0.141. The van der Waals surface area contributed by atoms with E-state index >= 15 is 0 Å². The SMILES string of the molecule is CC[C@@H]1CCCCN1C(=O)CCCN1C(=O)/C(=C2\SC(=S)N(CCCC(=O)N3CCCC[C@H]3CC)C2=O)SC1=S. The predicted molar refractivity (Wildman–Crippen MR) is 169 cm³/mol. The summed E-state index contributed by atoms with van der Waals surface area (Å²) in [6.07, 6.45) is 10.3. The number of carbonyl (C=O) groups excluding carboxylic acids is 4. The summed E-state index contributed by atoms with van der Waals surface area (Å²) in [5, 5.41) is 0. The van der Waals surface area contributed by atoms with Gasteiger partial charge in [-0.05, 0) is 64.2 Å². The van der Waals surface area contributed by atoms with Crippen molar-refractivity contribution in [3.8, 4) is 0 Å². The van der Waals surface area contributed by atoms with Gasteiger partial charge < -0.3 is 9.80 Å². The lowest BCUT2D eigenvalue weighted by atomic mass is 9.99. The third kappa shape index (κ3) is 7.10. The van der Waals surface area contributed by atoms with Crippen LogP contribution < -0.4 is 0 Å². The zero-order valence-corrected chi connectivity index (χ0v) is 26.8. The van der Waals surface area contributed by atoms with Gasteiger partial charge in [-0.25, -0.2) is 0 Å². The minimum atomic E-state index is -0.293. The first-order chi connectivity index (χ1) is 19.3. The molecule has 4 rings (SSSR count). The highest BCUT2D eigenvalue weighted by Crippen LogP contribution is 2.42. The standard InChI is InChI=1S/C28H40N4O4S4/c1-3-19-11-5-7-15-29(19)21(33)13-9-17-31-25(35)23(39-27(31)37)24-26(36)32(28(38)40-24)18-10-14-22(34)30-16-8-6-12-20(30)4-2/h19-20H,3-18H2,1-2H3/b24-23+/t19-,20-/m1/s1. The van der Waals surface area contributed by atoms with Crippen molar-refractivity contribution in [1.82, 2.24) is 19.6 Å². The molecular weight excluding hydrogens is 585 g/mol. The first kappa shape index (κ1) is 31.4. The van der Waals surface area contributed by atoms with E-state index in [9.17, 15) is 19.2 Å². The van der Waals surface area contributed by atoms with E-state index in [-0.39, 0.29) is 23.6 Å². The molecule has 4 aliphatic heterocycles. The molecule has 4 amide bonds. The second-order valence-corrected chi connectivity index (χ2v) is 14.1. The fourth-order valence-corrected chi connectivity index (χ4v) is 8.80. The summed E-state index contributed by atoms with van der Waals surface area (Å²) in [5.74, 6) is -0.305. The molecule has 0 N–H and O–H groups in total. The maximum absolute atomic E-state index is 13.3. The number of carbonyl (C=O) groups is 4. The largest absolute Gasteiger partial charge is 0.340 e. The molecule has 0 unspecified atom stereocenters. The van der Waals surface area contributed by atoms with Crippen molar-refractivity contribution in [3.63, 3.8) is 0 Å². The molecule has 4 saturated heterocycles. The number of likely N-dealkylation sites (tertiary alicyclic amines) is 2. The molecule has 0 saturated carbocycles. The van der Waals surface area contributed by atoms with Crippen LogP contribution in [0, 0.1) is 0 Å². The molecule has 0 aliphatic carbocycles. The van der Waals surface area contributed by atoms with E-state index in [1.807, 2.05) is 9.80 Å². The van der Waals surface area contributed by atoms with Crippen molar-refractivity contribution < 1.29 is 19.2 Å². The highest BCUT2D eigenvalue weighted by molar-refractivity contribution is 8.29. The lowest BCUT2D eigenvalue weighted by Gasteiger charge is -2.35. The van der Waals surface area contributed by atoms with Crippen molar-refractivity contribution in [2.24, 2.45) is 0 Å². The van der Waals surface area contributed by atoms with E-state index in [1.165, 1.54) is 22.6 Å². The summed E-state index contributed by atoms with van der Waals surface area (Å²) < 4.78 is 0.805. The molecule has 4 aliphatic rings. The normalized spacial score (nSPS) is 25.9. The summed E-state index contributed by atoms with van der Waals surface area (Å²) in [6.45, 7) is 6.56. The maximum Gasteiger partial charge on any atom is 0.267 e. The van der Waals surface area contributed by atoms with Gasteiger partial charge in [0.15, 0.2) is 0 Å². The van der Waals surface area contributed by atoms with Gasteiger partial charge in [0.05, 0.1) is 9.81 Å². The molecule has 0 bridgehead atoms. The third-order valence-corrected chi connectivity index (χ3v) is 11.3. The van der Waals surface area contributed by atoms with Crippen molar-refractivity contribution in [2.45, 2.75) is 103 Å². The quantitative estimate of drug-likeness (QED) is 0.247. The van der Waals surface area contributed by atoms with Crippen LogP contribution in [-0.4, -0.2) is 90.1 Å². The zero-order chi connectivity index (χ0) is 28.8. The number of amides is 4. The van der Waals surface area contributed by atoms with Gasteiger partial charge in [-0.2, -0.15) is 0 Å². The summed E-state index contributed by atoms with van der Waals surface area (Å²) in [5.41, 5.74) is 0. The fourth-order valence-electron chi connectivity index (χ4n) is 6.03. The van der Waals surface area contributed by atoms with E-state index in [4.69, 9.17) is 24.4 Å². The molecule has 40 heavy (non-hydrogen) atoms. The summed E-state index contributed by atoms with van der Waals surface area (Å²) in [4.78, 5) is 59.8. The third-order valence-electron chi connectivity index (χ3n) is 8.29. The summed E-state index contributed by atoms with van der Waals surface area (Å²) in [6, 6.07) is 0.631. The molecule has 12 heteroatoms. The Morgan fingerprint density at radius 2 is 1.12 bits per heavy atom. The summed E-state index contributed by atoms with van der Waals surface area (Å²) >= 11 is 13.2. The Balaban J connectivity index is 1.29. The molecular formula is C28H40N4O4S4. The molecule has 0 spiro atoms. The van der Waals surface area contributed by atoms with E-state index in [1.54, 1.807) is 0 Å². The van der Waals surface area contributed by atoms with Crippen LogP contribution in [0.1, 0.15) is 90.9 Å². The van der Waals surface area contributed by atoms with E-state index in [2.05, 4.69) is 13.8 Å². The van der Waals surface area contributed by atoms with Crippen LogP contribution in [0.4, 0.5) is 0 Å². The first-order valence-electron chi connectivity index (χ1n) is 14.7. The minimum Gasteiger partial charge on any atom is -0.340 e. The highest BCUT2D eigenvalue weighted by atomic mass is 32.2. The Bertz CT molecular complexity index is 999. The number of piperidine rings is 2. The number of thiocarbonyl (C=S) groups is 2. The molecule has 0 radical (unpaired) electrons. The van der Waals surface area contributed by atoms with Crippen LogP contribution in [0.25, 0.3) is 0 Å². The molecule has 0 aromatic heterocycles. The van der Waals surface area contributed by atoms with Crippen LogP contribution in [0.15, 0.2) is 9.81 Å². The lowest BCUT2D eigenvalue weighted by Crippen LogP contribution is -2.43.